The van der Waals surface area contributed by atoms with Crippen LogP contribution in [0.1, 0.15) is 30.1 Å². The van der Waals surface area contributed by atoms with Gasteiger partial charge < -0.3 is 15.3 Å². The molecule has 2 rings (SSSR count). The van der Waals surface area contributed by atoms with Gasteiger partial charge in [-0.1, -0.05) is 29.8 Å². The van der Waals surface area contributed by atoms with E-state index in [-0.39, 0.29) is 6.10 Å². The molecular formula is C15H24N2O. The molecule has 0 amide bonds. The van der Waals surface area contributed by atoms with E-state index in [0.717, 1.165) is 51.1 Å². The van der Waals surface area contributed by atoms with E-state index in [2.05, 4.69) is 29.3 Å². The summed E-state index contributed by atoms with van der Waals surface area (Å²) in [5, 5.41) is 13.5. The van der Waals surface area contributed by atoms with Crippen molar-refractivity contribution in [1.82, 2.24) is 10.2 Å². The molecule has 18 heavy (non-hydrogen) atoms. The molecule has 0 aromatic heterocycles. The molecule has 1 unspecified atom stereocenters. The number of aliphatic hydroxyl groups excluding tert-OH is 1. The van der Waals surface area contributed by atoms with Gasteiger partial charge in [-0.25, -0.2) is 0 Å². The lowest BCUT2D eigenvalue weighted by Crippen LogP contribution is -2.43. The number of nitrogens with one attached hydrogen (secondary N) is 1. The van der Waals surface area contributed by atoms with Gasteiger partial charge in [-0.15, -0.1) is 0 Å². The number of hydrogen-bond donors (Lipinski definition) is 2. The topological polar surface area (TPSA) is 35.5 Å². The molecule has 1 aliphatic heterocycles. The Balaban J connectivity index is 1.70. The molecular weight excluding hydrogens is 224 g/mol. The molecule has 1 saturated heterocycles. The van der Waals surface area contributed by atoms with E-state index in [0.29, 0.717) is 0 Å². The zero-order chi connectivity index (χ0) is 12.8. The maximum atomic E-state index is 10.1. The van der Waals surface area contributed by atoms with E-state index in [1.165, 1.54) is 5.56 Å². The second-order valence-corrected chi connectivity index (χ2v) is 5.16. The van der Waals surface area contributed by atoms with Gasteiger partial charge in [0.2, 0.25) is 0 Å². The normalized spacial score (nSPS) is 18.8. The molecule has 0 saturated carbocycles. The average Bonchev–Trinajstić information content (AvgIpc) is 2.40. The summed E-state index contributed by atoms with van der Waals surface area (Å²) in [6, 6.07) is 8.19. The van der Waals surface area contributed by atoms with Gasteiger partial charge in [0.05, 0.1) is 6.10 Å². The maximum Gasteiger partial charge on any atom is 0.0790 e. The van der Waals surface area contributed by atoms with Crippen LogP contribution >= 0.6 is 0 Å². The van der Waals surface area contributed by atoms with Gasteiger partial charge in [0, 0.05) is 26.2 Å². The van der Waals surface area contributed by atoms with Gasteiger partial charge >= 0.3 is 0 Å². The summed E-state index contributed by atoms with van der Waals surface area (Å²) in [5.41, 5.74) is 2.28. The summed E-state index contributed by atoms with van der Waals surface area (Å²) in [7, 11) is 0. The van der Waals surface area contributed by atoms with Crippen molar-refractivity contribution < 1.29 is 5.11 Å². The average molecular weight is 248 g/mol. The fraction of sp³-hybridized carbons (Fsp3) is 0.600. The Hall–Kier alpha value is -0.900. The summed E-state index contributed by atoms with van der Waals surface area (Å²) in [6.45, 7) is 7.65. The number of hydrogen-bond acceptors (Lipinski definition) is 3. The standard InChI is InChI=1S/C15H24N2O/c1-13-4-6-14(7-5-13)15(18)3-2-10-17-11-8-16-9-12-17/h4-7,15-16,18H,2-3,8-12H2,1H3. The minimum absolute atomic E-state index is 0.312. The van der Waals surface area contributed by atoms with Crippen molar-refractivity contribution in [3.8, 4) is 0 Å². The van der Waals surface area contributed by atoms with Crippen molar-refractivity contribution in [2.24, 2.45) is 0 Å². The first-order valence-electron chi connectivity index (χ1n) is 6.93. The lowest BCUT2D eigenvalue weighted by atomic mass is 10.0. The summed E-state index contributed by atoms with van der Waals surface area (Å²) in [4.78, 5) is 2.47. The highest BCUT2D eigenvalue weighted by atomic mass is 16.3. The summed E-state index contributed by atoms with van der Waals surface area (Å²) in [5.74, 6) is 0. The Morgan fingerprint density at radius 3 is 2.56 bits per heavy atom. The van der Waals surface area contributed by atoms with Gasteiger partial charge in [0.25, 0.3) is 0 Å². The van der Waals surface area contributed by atoms with Crippen LogP contribution in [-0.2, 0) is 0 Å². The minimum atomic E-state index is -0.312. The number of piperazine rings is 1. The van der Waals surface area contributed by atoms with Crippen molar-refractivity contribution in [3.63, 3.8) is 0 Å². The van der Waals surface area contributed by atoms with Gasteiger partial charge in [-0.05, 0) is 31.9 Å². The lowest BCUT2D eigenvalue weighted by molar-refractivity contribution is 0.152. The smallest absolute Gasteiger partial charge is 0.0790 e. The SMILES string of the molecule is Cc1ccc(C(O)CCCN2CCNCC2)cc1. The number of nitrogens with zero attached hydrogens (tertiary/aromatic N) is 1. The highest BCUT2D eigenvalue weighted by molar-refractivity contribution is 5.22. The van der Waals surface area contributed by atoms with E-state index < -0.39 is 0 Å². The summed E-state index contributed by atoms with van der Waals surface area (Å²) < 4.78 is 0. The Labute approximate surface area is 110 Å². The largest absolute Gasteiger partial charge is 0.388 e. The monoisotopic (exact) mass is 248 g/mol. The molecule has 1 aromatic rings. The molecule has 0 bridgehead atoms. The van der Waals surface area contributed by atoms with Gasteiger partial charge in [-0.3, -0.25) is 0 Å². The molecule has 0 radical (unpaired) electrons. The molecule has 1 heterocycles. The zero-order valence-corrected chi connectivity index (χ0v) is 11.2. The van der Waals surface area contributed by atoms with Crippen LogP contribution in [0.15, 0.2) is 24.3 Å². The number of aliphatic hydroxyl groups is 1. The predicted molar refractivity (Wildman–Crippen MR) is 74.7 cm³/mol. The first kappa shape index (κ1) is 13.5. The quantitative estimate of drug-likeness (QED) is 0.833. The number of benzene rings is 1. The van der Waals surface area contributed by atoms with Crippen LogP contribution in [0.3, 0.4) is 0 Å². The van der Waals surface area contributed by atoms with Crippen LogP contribution in [0, 0.1) is 6.92 Å². The van der Waals surface area contributed by atoms with Gasteiger partial charge in [0.1, 0.15) is 0 Å². The van der Waals surface area contributed by atoms with Crippen LogP contribution in [0.4, 0.5) is 0 Å². The van der Waals surface area contributed by atoms with Gasteiger partial charge in [0.15, 0.2) is 0 Å². The Morgan fingerprint density at radius 1 is 1.22 bits per heavy atom. The van der Waals surface area contributed by atoms with Crippen molar-refractivity contribution in [3.05, 3.63) is 35.4 Å². The van der Waals surface area contributed by atoms with E-state index in [4.69, 9.17) is 0 Å². The van der Waals surface area contributed by atoms with Crippen molar-refractivity contribution in [2.75, 3.05) is 32.7 Å². The minimum Gasteiger partial charge on any atom is -0.388 e. The second-order valence-electron chi connectivity index (χ2n) is 5.16. The van der Waals surface area contributed by atoms with Crippen LogP contribution < -0.4 is 5.32 Å². The third-order valence-corrected chi connectivity index (χ3v) is 3.62. The Morgan fingerprint density at radius 2 is 1.89 bits per heavy atom. The van der Waals surface area contributed by atoms with Crippen molar-refractivity contribution in [2.45, 2.75) is 25.9 Å². The maximum absolute atomic E-state index is 10.1. The van der Waals surface area contributed by atoms with Crippen molar-refractivity contribution >= 4 is 0 Å². The molecule has 1 fully saturated rings. The Kier molecular flexibility index (Phi) is 5.17. The molecule has 3 nitrogen and oxygen atoms in total. The second kappa shape index (κ2) is 6.88. The molecule has 0 aliphatic carbocycles. The number of aryl methyl sites for hydroxylation is 1. The number of rotatable bonds is 5. The first-order valence-corrected chi connectivity index (χ1v) is 6.93. The summed E-state index contributed by atoms with van der Waals surface area (Å²) >= 11 is 0. The van der Waals surface area contributed by atoms with Crippen LogP contribution in [-0.4, -0.2) is 42.7 Å². The third-order valence-electron chi connectivity index (χ3n) is 3.62. The Bertz CT molecular complexity index is 344. The molecule has 0 spiro atoms. The van der Waals surface area contributed by atoms with E-state index in [1.807, 2.05) is 12.1 Å². The zero-order valence-electron chi connectivity index (χ0n) is 11.2. The molecule has 2 N–H and O–H groups in total. The first-order chi connectivity index (χ1) is 8.75. The highest BCUT2D eigenvalue weighted by Crippen LogP contribution is 2.18. The van der Waals surface area contributed by atoms with Crippen molar-refractivity contribution in [1.29, 1.82) is 0 Å². The lowest BCUT2D eigenvalue weighted by Gasteiger charge is -2.27. The molecule has 1 aromatic carbocycles. The van der Waals surface area contributed by atoms with Crippen LogP contribution in [0.25, 0.3) is 0 Å². The van der Waals surface area contributed by atoms with Gasteiger partial charge in [-0.2, -0.15) is 0 Å². The highest BCUT2D eigenvalue weighted by Gasteiger charge is 2.11. The van der Waals surface area contributed by atoms with E-state index in [9.17, 15) is 5.11 Å². The van der Waals surface area contributed by atoms with E-state index >= 15 is 0 Å². The fourth-order valence-corrected chi connectivity index (χ4v) is 2.40. The predicted octanol–water partition coefficient (Wildman–Crippen LogP) is 1.71. The third kappa shape index (κ3) is 4.09. The van der Waals surface area contributed by atoms with E-state index in [1.54, 1.807) is 0 Å². The fourth-order valence-electron chi connectivity index (χ4n) is 2.40. The molecule has 100 valence electrons. The van der Waals surface area contributed by atoms with Crippen LogP contribution in [0.2, 0.25) is 0 Å². The van der Waals surface area contributed by atoms with Crippen LogP contribution in [0.5, 0.6) is 0 Å². The summed E-state index contributed by atoms with van der Waals surface area (Å²) in [6.07, 6.45) is 1.61. The molecule has 1 aliphatic rings. The molecule has 3 heteroatoms. The molecule has 1 atom stereocenters.